The molecule has 2 atom stereocenters. The van der Waals surface area contributed by atoms with Gasteiger partial charge < -0.3 is 9.64 Å². The van der Waals surface area contributed by atoms with Crippen molar-refractivity contribution in [3.05, 3.63) is 36.2 Å². The van der Waals surface area contributed by atoms with Gasteiger partial charge in [-0.1, -0.05) is 12.1 Å². The molecule has 3 rings (SSSR count). The van der Waals surface area contributed by atoms with Gasteiger partial charge in [0.2, 0.25) is 0 Å². The summed E-state index contributed by atoms with van der Waals surface area (Å²) in [5.74, 6) is 0.973. The number of amides is 1. The minimum absolute atomic E-state index is 0.187. The van der Waals surface area contributed by atoms with Crippen LogP contribution in [0.25, 0.3) is 5.57 Å². The minimum atomic E-state index is -0.425. The van der Waals surface area contributed by atoms with Crippen molar-refractivity contribution in [2.24, 2.45) is 11.8 Å². The smallest absolute Gasteiger partial charge is 0.410 e. The summed E-state index contributed by atoms with van der Waals surface area (Å²) in [5.41, 5.74) is 2.14. The van der Waals surface area contributed by atoms with Crippen molar-refractivity contribution in [3.63, 3.8) is 0 Å². The monoisotopic (exact) mass is 286 g/mol. The van der Waals surface area contributed by atoms with Crippen LogP contribution in [-0.2, 0) is 4.74 Å². The first-order chi connectivity index (χ1) is 9.92. The number of carbonyl (C=O) groups excluding carboxylic acids is 1. The lowest BCUT2D eigenvalue weighted by atomic mass is 9.99. The lowest BCUT2D eigenvalue weighted by Gasteiger charge is -2.24. The molecule has 0 saturated carbocycles. The van der Waals surface area contributed by atoms with E-state index in [9.17, 15) is 4.79 Å². The molecule has 2 heterocycles. The summed E-state index contributed by atoms with van der Waals surface area (Å²) in [5, 5.41) is 0. The highest BCUT2D eigenvalue weighted by Crippen LogP contribution is 2.41. The first-order valence-corrected chi connectivity index (χ1v) is 7.51. The molecule has 1 aliphatic heterocycles. The molecule has 1 amide bonds. The molecule has 0 aromatic carbocycles. The lowest BCUT2D eigenvalue weighted by molar-refractivity contribution is 0.0285. The zero-order valence-corrected chi connectivity index (χ0v) is 12.9. The van der Waals surface area contributed by atoms with Gasteiger partial charge in [0.1, 0.15) is 5.60 Å². The normalized spacial score (nSPS) is 24.7. The third-order valence-corrected chi connectivity index (χ3v) is 4.07. The Hall–Kier alpha value is -1.84. The largest absolute Gasteiger partial charge is 0.444 e. The van der Waals surface area contributed by atoms with Crippen molar-refractivity contribution in [1.82, 2.24) is 9.88 Å². The van der Waals surface area contributed by atoms with Crippen LogP contribution in [0.5, 0.6) is 0 Å². The maximum Gasteiger partial charge on any atom is 0.410 e. The van der Waals surface area contributed by atoms with Gasteiger partial charge in [0, 0.05) is 25.5 Å². The minimum Gasteiger partial charge on any atom is -0.444 e. The summed E-state index contributed by atoms with van der Waals surface area (Å²) >= 11 is 0. The zero-order valence-electron chi connectivity index (χ0n) is 12.9. The maximum atomic E-state index is 12.1. The lowest BCUT2D eigenvalue weighted by Crippen LogP contribution is -2.35. The van der Waals surface area contributed by atoms with Crippen molar-refractivity contribution in [2.75, 3.05) is 13.1 Å². The molecule has 0 N–H and O–H groups in total. The third-order valence-electron chi connectivity index (χ3n) is 4.07. The average molecular weight is 286 g/mol. The predicted molar refractivity (Wildman–Crippen MR) is 81.6 cm³/mol. The van der Waals surface area contributed by atoms with E-state index in [0.29, 0.717) is 11.8 Å². The molecule has 1 aliphatic carbocycles. The van der Waals surface area contributed by atoms with E-state index in [0.717, 1.165) is 19.5 Å². The van der Waals surface area contributed by atoms with E-state index in [-0.39, 0.29) is 6.09 Å². The Bertz CT molecular complexity index is 560. The van der Waals surface area contributed by atoms with Crippen LogP contribution >= 0.6 is 0 Å². The van der Waals surface area contributed by atoms with Gasteiger partial charge >= 0.3 is 6.09 Å². The van der Waals surface area contributed by atoms with E-state index in [1.807, 2.05) is 37.9 Å². The highest BCUT2D eigenvalue weighted by atomic mass is 16.6. The number of rotatable bonds is 1. The molecule has 1 fully saturated rings. The summed E-state index contributed by atoms with van der Waals surface area (Å²) < 4.78 is 5.45. The van der Waals surface area contributed by atoms with Gasteiger partial charge in [-0.15, -0.1) is 0 Å². The van der Waals surface area contributed by atoms with Crippen molar-refractivity contribution < 1.29 is 9.53 Å². The molecule has 4 heteroatoms. The summed E-state index contributed by atoms with van der Waals surface area (Å²) in [4.78, 5) is 18.1. The molecule has 0 bridgehead atoms. The molecule has 112 valence electrons. The van der Waals surface area contributed by atoms with Crippen LogP contribution in [-0.4, -0.2) is 34.7 Å². The molecule has 1 aromatic heterocycles. The first-order valence-electron chi connectivity index (χ1n) is 7.51. The van der Waals surface area contributed by atoms with E-state index in [4.69, 9.17) is 4.74 Å². The van der Waals surface area contributed by atoms with Gasteiger partial charge in [0.15, 0.2) is 0 Å². The second-order valence-corrected chi connectivity index (χ2v) is 6.95. The molecule has 2 aliphatic rings. The van der Waals surface area contributed by atoms with Gasteiger partial charge in [-0.3, -0.25) is 4.98 Å². The SMILES string of the molecule is CC(C)(C)OC(=O)N1C[C@@H]2CC(c3cccnc3)=C[C@@H]2C1. The Morgan fingerprint density at radius 3 is 2.81 bits per heavy atom. The van der Waals surface area contributed by atoms with E-state index >= 15 is 0 Å². The van der Waals surface area contributed by atoms with E-state index in [1.165, 1.54) is 11.1 Å². The van der Waals surface area contributed by atoms with Crippen molar-refractivity contribution >= 4 is 11.7 Å². The number of likely N-dealkylation sites (tertiary alicyclic amines) is 1. The van der Waals surface area contributed by atoms with Gasteiger partial charge in [-0.2, -0.15) is 0 Å². The Kier molecular flexibility index (Phi) is 3.47. The number of hydrogen-bond donors (Lipinski definition) is 0. The zero-order chi connectivity index (χ0) is 15.0. The summed E-state index contributed by atoms with van der Waals surface area (Å²) in [6.07, 6.45) is 6.86. The summed E-state index contributed by atoms with van der Waals surface area (Å²) in [7, 11) is 0. The summed E-state index contributed by atoms with van der Waals surface area (Å²) in [6, 6.07) is 4.07. The second-order valence-electron chi connectivity index (χ2n) is 6.95. The highest BCUT2D eigenvalue weighted by molar-refractivity contribution is 5.71. The van der Waals surface area contributed by atoms with Crippen molar-refractivity contribution in [1.29, 1.82) is 0 Å². The van der Waals surface area contributed by atoms with Gasteiger partial charge in [0.25, 0.3) is 0 Å². The molecular formula is C17H22N2O2. The van der Waals surface area contributed by atoms with Crippen LogP contribution in [0, 0.1) is 11.8 Å². The Morgan fingerprint density at radius 1 is 1.38 bits per heavy atom. The highest BCUT2D eigenvalue weighted by Gasteiger charge is 2.39. The van der Waals surface area contributed by atoms with Gasteiger partial charge in [-0.25, -0.2) is 4.79 Å². The van der Waals surface area contributed by atoms with E-state index in [1.54, 1.807) is 6.20 Å². The molecule has 4 nitrogen and oxygen atoms in total. The number of ether oxygens (including phenoxy) is 1. The fraction of sp³-hybridized carbons (Fsp3) is 0.529. The van der Waals surface area contributed by atoms with Crippen LogP contribution in [0.4, 0.5) is 4.79 Å². The van der Waals surface area contributed by atoms with Crippen LogP contribution in [0.3, 0.4) is 0 Å². The van der Waals surface area contributed by atoms with Gasteiger partial charge in [0.05, 0.1) is 0 Å². The Balaban J connectivity index is 1.65. The molecule has 0 radical (unpaired) electrons. The quantitative estimate of drug-likeness (QED) is 0.795. The Labute approximate surface area is 125 Å². The number of pyridine rings is 1. The standard InChI is InChI=1S/C17H22N2O2/c1-17(2,3)21-16(20)19-10-14-7-13(8-15(14)11-19)12-5-4-6-18-9-12/h4-7,9,14-15H,8,10-11H2,1-3H3/t14-,15+/m1/s1. The second kappa shape index (κ2) is 5.17. The van der Waals surface area contributed by atoms with E-state index in [2.05, 4.69) is 17.1 Å². The number of fused-ring (bicyclic) bond motifs is 1. The number of aromatic nitrogens is 1. The van der Waals surface area contributed by atoms with Crippen molar-refractivity contribution in [2.45, 2.75) is 32.8 Å². The fourth-order valence-corrected chi connectivity index (χ4v) is 3.15. The molecule has 0 spiro atoms. The van der Waals surface area contributed by atoms with E-state index < -0.39 is 5.60 Å². The third kappa shape index (κ3) is 3.09. The molecule has 1 aromatic rings. The van der Waals surface area contributed by atoms with Crippen LogP contribution < -0.4 is 0 Å². The van der Waals surface area contributed by atoms with Crippen LogP contribution in [0.1, 0.15) is 32.8 Å². The number of hydrogen-bond acceptors (Lipinski definition) is 3. The topological polar surface area (TPSA) is 42.4 Å². The van der Waals surface area contributed by atoms with Crippen molar-refractivity contribution in [3.8, 4) is 0 Å². The van der Waals surface area contributed by atoms with Crippen LogP contribution in [0.2, 0.25) is 0 Å². The number of carbonyl (C=O) groups is 1. The fourth-order valence-electron chi connectivity index (χ4n) is 3.15. The first kappa shape index (κ1) is 14.1. The Morgan fingerprint density at radius 2 is 2.19 bits per heavy atom. The maximum absolute atomic E-state index is 12.1. The number of allylic oxidation sites excluding steroid dienone is 1. The van der Waals surface area contributed by atoms with Gasteiger partial charge in [-0.05, 0) is 56.2 Å². The number of nitrogens with zero attached hydrogens (tertiary/aromatic N) is 2. The van der Waals surface area contributed by atoms with Crippen LogP contribution in [0.15, 0.2) is 30.6 Å². The molecule has 21 heavy (non-hydrogen) atoms. The predicted octanol–water partition coefficient (Wildman–Crippen LogP) is 3.35. The molecule has 0 unspecified atom stereocenters. The summed E-state index contributed by atoms with van der Waals surface area (Å²) in [6.45, 7) is 7.27. The molecule has 1 saturated heterocycles. The molecular weight excluding hydrogens is 264 g/mol. The average Bonchev–Trinajstić information content (AvgIpc) is 2.95.